The summed E-state index contributed by atoms with van der Waals surface area (Å²) in [5.74, 6) is -1.95. The van der Waals surface area contributed by atoms with Crippen molar-refractivity contribution in [1.82, 2.24) is 0 Å². The highest BCUT2D eigenvalue weighted by Gasteiger charge is 2.19. The third-order valence-electron chi connectivity index (χ3n) is 1.56. The second kappa shape index (κ2) is 6.16. The Morgan fingerprint density at radius 1 is 1.31 bits per heavy atom. The first-order valence-corrected chi connectivity index (χ1v) is 3.75. The zero-order valence-corrected chi connectivity index (χ0v) is 7.61. The number of hydrogen-bond donors (Lipinski definition) is 0. The van der Waals surface area contributed by atoms with E-state index in [4.69, 9.17) is 0 Å². The number of esters is 2. The van der Waals surface area contributed by atoms with Crippen LogP contribution < -0.4 is 0 Å². The summed E-state index contributed by atoms with van der Waals surface area (Å²) >= 11 is 0. The third kappa shape index (κ3) is 4.25. The average molecular weight is 188 g/mol. The summed E-state index contributed by atoms with van der Waals surface area (Å²) < 4.78 is 8.70. The van der Waals surface area contributed by atoms with Crippen molar-refractivity contribution in [3.05, 3.63) is 0 Å². The van der Waals surface area contributed by atoms with Crippen LogP contribution >= 0.6 is 0 Å². The Morgan fingerprint density at radius 3 is 2.31 bits per heavy atom. The molecule has 1 unspecified atom stereocenters. The van der Waals surface area contributed by atoms with Gasteiger partial charge in [-0.2, -0.15) is 0 Å². The highest BCUT2D eigenvalue weighted by molar-refractivity contribution is 5.88. The van der Waals surface area contributed by atoms with Crippen LogP contribution in [0.15, 0.2) is 0 Å². The monoisotopic (exact) mass is 188 g/mol. The second-order valence-electron chi connectivity index (χ2n) is 2.38. The normalized spacial score (nSPS) is 11.5. The van der Waals surface area contributed by atoms with Gasteiger partial charge in [-0.05, 0) is 6.42 Å². The Labute approximate surface area is 76.0 Å². The van der Waals surface area contributed by atoms with Gasteiger partial charge in [0.1, 0.15) is 12.2 Å². The molecule has 0 aromatic rings. The van der Waals surface area contributed by atoms with Crippen LogP contribution in [0.1, 0.15) is 12.8 Å². The minimum atomic E-state index is -0.871. The number of ether oxygens (including phenoxy) is 2. The number of rotatable bonds is 5. The van der Waals surface area contributed by atoms with E-state index in [1.165, 1.54) is 14.2 Å². The van der Waals surface area contributed by atoms with Crippen LogP contribution in [0.3, 0.4) is 0 Å². The molecule has 0 bridgehead atoms. The minimum Gasteiger partial charge on any atom is -0.469 e. The van der Waals surface area contributed by atoms with E-state index < -0.39 is 17.9 Å². The molecule has 0 aromatic carbocycles. The molecular weight excluding hydrogens is 176 g/mol. The molecule has 13 heavy (non-hydrogen) atoms. The maximum atomic E-state index is 10.8. The smallest absolute Gasteiger partial charge is 0.315 e. The molecule has 0 aromatic heterocycles. The standard InChI is InChI=1S/C8H12O5/c1-12-7(10)4-3-6(5-9)8(11)13-2/h5-6H,3-4H2,1-2H3. The fourth-order valence-corrected chi connectivity index (χ4v) is 0.768. The highest BCUT2D eigenvalue weighted by atomic mass is 16.5. The first-order valence-electron chi connectivity index (χ1n) is 3.75. The zero-order valence-electron chi connectivity index (χ0n) is 7.61. The summed E-state index contributed by atoms with van der Waals surface area (Å²) in [5.41, 5.74) is 0. The Balaban J connectivity index is 3.92. The summed E-state index contributed by atoms with van der Waals surface area (Å²) in [7, 11) is 2.44. The van der Waals surface area contributed by atoms with Gasteiger partial charge < -0.3 is 14.3 Å². The summed E-state index contributed by atoms with van der Waals surface area (Å²) in [6, 6.07) is 0. The van der Waals surface area contributed by atoms with Gasteiger partial charge in [0, 0.05) is 6.42 Å². The Bertz CT molecular complexity index is 199. The lowest BCUT2D eigenvalue weighted by molar-refractivity contribution is -0.147. The molecule has 5 nitrogen and oxygen atoms in total. The van der Waals surface area contributed by atoms with E-state index >= 15 is 0 Å². The molecule has 0 rings (SSSR count). The molecule has 0 aliphatic rings. The SMILES string of the molecule is COC(=O)CCC(C=O)C(=O)OC. The van der Waals surface area contributed by atoms with Crippen molar-refractivity contribution in [2.24, 2.45) is 5.92 Å². The largest absolute Gasteiger partial charge is 0.469 e. The number of methoxy groups -OCH3 is 2. The average Bonchev–Trinajstić information content (AvgIpc) is 2.17. The predicted octanol–water partition coefficient (Wildman–Crippen LogP) is -0.0723. The fraction of sp³-hybridized carbons (Fsp3) is 0.625. The summed E-state index contributed by atoms with van der Waals surface area (Å²) in [6.45, 7) is 0. The lowest BCUT2D eigenvalue weighted by Gasteiger charge is -2.05. The first-order chi connectivity index (χ1) is 6.15. The Hall–Kier alpha value is -1.39. The van der Waals surface area contributed by atoms with Gasteiger partial charge in [0.2, 0.25) is 0 Å². The molecular formula is C8H12O5. The van der Waals surface area contributed by atoms with Gasteiger partial charge in [-0.25, -0.2) is 0 Å². The van der Waals surface area contributed by atoms with Crippen molar-refractivity contribution >= 4 is 18.2 Å². The Morgan fingerprint density at radius 2 is 1.92 bits per heavy atom. The highest BCUT2D eigenvalue weighted by Crippen LogP contribution is 2.06. The molecule has 0 amide bonds. The van der Waals surface area contributed by atoms with Gasteiger partial charge in [-0.1, -0.05) is 0 Å². The second-order valence-corrected chi connectivity index (χ2v) is 2.38. The Kier molecular flexibility index (Phi) is 5.50. The molecule has 0 aliphatic heterocycles. The van der Waals surface area contributed by atoms with E-state index in [1.807, 2.05) is 0 Å². The van der Waals surface area contributed by atoms with Gasteiger partial charge in [0.05, 0.1) is 14.2 Å². The van der Waals surface area contributed by atoms with Crippen LogP contribution in [0.2, 0.25) is 0 Å². The van der Waals surface area contributed by atoms with E-state index in [2.05, 4.69) is 9.47 Å². The van der Waals surface area contributed by atoms with E-state index in [0.29, 0.717) is 6.29 Å². The van der Waals surface area contributed by atoms with E-state index in [0.717, 1.165) is 0 Å². The van der Waals surface area contributed by atoms with Crippen LogP contribution in [0.5, 0.6) is 0 Å². The number of carbonyl (C=O) groups is 3. The van der Waals surface area contributed by atoms with Crippen LogP contribution in [0, 0.1) is 5.92 Å². The molecule has 0 saturated carbocycles. The lowest BCUT2D eigenvalue weighted by atomic mass is 10.1. The van der Waals surface area contributed by atoms with Gasteiger partial charge >= 0.3 is 11.9 Å². The van der Waals surface area contributed by atoms with Gasteiger partial charge in [0.25, 0.3) is 0 Å². The number of carbonyl (C=O) groups excluding carboxylic acids is 3. The van der Waals surface area contributed by atoms with Crippen molar-refractivity contribution in [1.29, 1.82) is 0 Å². The van der Waals surface area contributed by atoms with Crippen molar-refractivity contribution < 1.29 is 23.9 Å². The molecule has 0 spiro atoms. The quantitative estimate of drug-likeness (QED) is 0.343. The van der Waals surface area contributed by atoms with E-state index in [9.17, 15) is 14.4 Å². The zero-order chi connectivity index (χ0) is 10.3. The molecule has 1 atom stereocenters. The summed E-state index contributed by atoms with van der Waals surface area (Å²) in [6.07, 6.45) is 0.632. The van der Waals surface area contributed by atoms with Gasteiger partial charge in [0.15, 0.2) is 0 Å². The van der Waals surface area contributed by atoms with Crippen molar-refractivity contribution in [3.63, 3.8) is 0 Å². The van der Waals surface area contributed by atoms with Crippen LogP contribution in [-0.2, 0) is 23.9 Å². The number of aldehydes is 1. The van der Waals surface area contributed by atoms with Crippen molar-refractivity contribution in [2.45, 2.75) is 12.8 Å². The molecule has 74 valence electrons. The minimum absolute atomic E-state index is 0.0367. The maximum absolute atomic E-state index is 10.8. The molecule has 0 heterocycles. The molecule has 5 heteroatoms. The fourth-order valence-electron chi connectivity index (χ4n) is 0.768. The van der Waals surface area contributed by atoms with Crippen molar-refractivity contribution in [2.75, 3.05) is 14.2 Å². The molecule has 0 radical (unpaired) electrons. The first kappa shape index (κ1) is 11.6. The molecule has 0 fully saturated rings. The molecule has 0 aliphatic carbocycles. The van der Waals surface area contributed by atoms with E-state index in [1.54, 1.807) is 0 Å². The van der Waals surface area contributed by atoms with Crippen LogP contribution in [0.4, 0.5) is 0 Å². The van der Waals surface area contributed by atoms with Crippen LogP contribution in [-0.4, -0.2) is 32.4 Å². The van der Waals surface area contributed by atoms with E-state index in [-0.39, 0.29) is 12.8 Å². The van der Waals surface area contributed by atoms with Gasteiger partial charge in [-0.15, -0.1) is 0 Å². The van der Waals surface area contributed by atoms with Gasteiger partial charge in [-0.3, -0.25) is 9.59 Å². The predicted molar refractivity (Wildman–Crippen MR) is 42.8 cm³/mol. The third-order valence-corrected chi connectivity index (χ3v) is 1.56. The van der Waals surface area contributed by atoms with Crippen LogP contribution in [0.25, 0.3) is 0 Å². The molecule has 0 N–H and O–H groups in total. The topological polar surface area (TPSA) is 69.7 Å². The van der Waals surface area contributed by atoms with Crippen molar-refractivity contribution in [3.8, 4) is 0 Å². The molecule has 0 saturated heterocycles. The summed E-state index contributed by atoms with van der Waals surface area (Å²) in [5, 5.41) is 0. The lowest BCUT2D eigenvalue weighted by Crippen LogP contribution is -2.18. The maximum Gasteiger partial charge on any atom is 0.315 e. The number of hydrogen-bond acceptors (Lipinski definition) is 5. The summed E-state index contributed by atoms with van der Waals surface area (Å²) in [4.78, 5) is 31.8.